The molecule has 0 aliphatic rings. The molecule has 0 aliphatic carbocycles. The second-order valence-corrected chi connectivity index (χ2v) is 24.7. The zero-order valence-electron chi connectivity index (χ0n) is 53.1. The average molecular weight is 1040 g/mol. The summed E-state index contributed by atoms with van der Waals surface area (Å²) in [4.78, 5) is 0. The number of unbranched alkanes of at least 4 members (excludes halogenated alkanes) is 60. The van der Waals surface area contributed by atoms with Crippen molar-refractivity contribution in [2.45, 2.75) is 439 Å². The number of nitrogens with one attached hydrogen (secondary N) is 2. The van der Waals surface area contributed by atoms with Gasteiger partial charge in [0.05, 0.1) is 0 Å². The Kier molecular flexibility index (Phi) is 79.2. The van der Waals surface area contributed by atoms with Gasteiger partial charge in [0.2, 0.25) is 0 Å². The molecule has 0 rings (SSSR count). The van der Waals surface area contributed by atoms with Crippen LogP contribution in [-0.2, 0) is 0 Å². The maximum atomic E-state index is 3.68. The summed E-state index contributed by atoms with van der Waals surface area (Å²) in [6, 6.07) is 0. The van der Waals surface area contributed by atoms with Crippen molar-refractivity contribution < 1.29 is 0 Å². The molecule has 74 heavy (non-hydrogen) atoms. The van der Waals surface area contributed by atoms with Crippen molar-refractivity contribution in [3.8, 4) is 0 Å². The molecule has 0 saturated carbocycles. The van der Waals surface area contributed by atoms with Crippen LogP contribution in [-0.4, -0.2) is 26.2 Å². The Morgan fingerprint density at radius 3 is 0.284 bits per heavy atom. The normalized spacial score (nSPS) is 11.5. The molecule has 2 nitrogen and oxygen atoms in total. The van der Waals surface area contributed by atoms with Gasteiger partial charge in [-0.2, -0.15) is 0 Å². The summed E-state index contributed by atoms with van der Waals surface area (Å²) >= 11 is 0. The molecule has 0 radical (unpaired) electrons. The van der Waals surface area contributed by atoms with E-state index in [2.05, 4.69) is 38.3 Å². The molecule has 0 atom stereocenters. The van der Waals surface area contributed by atoms with Crippen LogP contribution in [0.25, 0.3) is 0 Å². The van der Waals surface area contributed by atoms with Crippen LogP contribution in [0.5, 0.6) is 0 Å². The first-order valence-electron chi connectivity index (χ1n) is 36.2. The molecule has 0 unspecified atom stereocenters. The van der Waals surface area contributed by atoms with Crippen molar-refractivity contribution in [1.82, 2.24) is 10.6 Å². The lowest BCUT2D eigenvalue weighted by atomic mass is 10.0. The van der Waals surface area contributed by atoms with E-state index in [9.17, 15) is 0 Å². The Morgan fingerprint density at radius 2 is 0.189 bits per heavy atom. The molecular weight excluding hydrogens is 893 g/mol. The van der Waals surface area contributed by atoms with Gasteiger partial charge in [-0.1, -0.05) is 413 Å². The molecule has 0 aliphatic heterocycles. The van der Waals surface area contributed by atoms with Crippen molar-refractivity contribution in [3.63, 3.8) is 0 Å². The average Bonchev–Trinajstić information content (AvgIpc) is 3.41. The summed E-state index contributed by atoms with van der Waals surface area (Å²) in [7, 11) is 0. The molecule has 2 N–H and O–H groups in total. The van der Waals surface area contributed by atoms with E-state index < -0.39 is 0 Å². The summed E-state index contributed by atoms with van der Waals surface area (Å²) in [5.74, 6) is 0. The van der Waals surface area contributed by atoms with Crippen molar-refractivity contribution in [3.05, 3.63) is 0 Å². The van der Waals surface area contributed by atoms with Crippen LogP contribution < -0.4 is 10.6 Å². The molecule has 448 valence electrons. The molecule has 0 spiro atoms. The number of rotatable bonds is 68. The van der Waals surface area contributed by atoms with Crippen LogP contribution >= 0.6 is 0 Å². The summed E-state index contributed by atoms with van der Waals surface area (Å²) in [5.41, 5.74) is 0. The van der Waals surface area contributed by atoms with Gasteiger partial charge in [-0.25, -0.2) is 0 Å². The Labute approximate surface area is 473 Å². The van der Waals surface area contributed by atoms with Crippen molar-refractivity contribution in [2.24, 2.45) is 0 Å². The van der Waals surface area contributed by atoms with Crippen LogP contribution in [0.1, 0.15) is 439 Å². The van der Waals surface area contributed by atoms with E-state index in [0.717, 1.165) is 0 Å². The highest BCUT2D eigenvalue weighted by atomic mass is 14.8. The lowest BCUT2D eigenvalue weighted by Gasteiger charge is -2.06. The maximum absolute atomic E-state index is 3.68. The zero-order chi connectivity index (χ0) is 53.5. The summed E-state index contributed by atoms with van der Waals surface area (Å²) in [5, 5.41) is 7.37. The van der Waals surface area contributed by atoms with Crippen LogP contribution in [0.3, 0.4) is 0 Å². The first-order valence-corrected chi connectivity index (χ1v) is 36.2. The topological polar surface area (TPSA) is 24.1 Å². The van der Waals surface area contributed by atoms with Gasteiger partial charge in [0.1, 0.15) is 0 Å². The Bertz CT molecular complexity index is 733. The Hall–Kier alpha value is -0.0800. The SMILES string of the molecule is CCCCCCCCCCCCCCCCCCNCCCCCCCCCCCCCCCCCC.CCCCCCCCCCCCCCCCCCNCCCCCCCCCCCCCCCCCC. The number of hydrogen-bond donors (Lipinski definition) is 2. The van der Waals surface area contributed by atoms with E-state index in [1.54, 1.807) is 0 Å². The van der Waals surface area contributed by atoms with Gasteiger partial charge in [-0.05, 0) is 51.9 Å². The third-order valence-electron chi connectivity index (χ3n) is 16.8. The van der Waals surface area contributed by atoms with E-state index in [-0.39, 0.29) is 0 Å². The van der Waals surface area contributed by atoms with Crippen molar-refractivity contribution in [1.29, 1.82) is 0 Å². The third kappa shape index (κ3) is 78.4. The van der Waals surface area contributed by atoms with Gasteiger partial charge < -0.3 is 10.6 Å². The molecule has 0 aromatic rings. The van der Waals surface area contributed by atoms with E-state index in [0.29, 0.717) is 0 Å². The van der Waals surface area contributed by atoms with Gasteiger partial charge in [0.15, 0.2) is 0 Å². The molecular formula is C72H150N2. The smallest absolute Gasteiger partial charge is 0.00489 e. The van der Waals surface area contributed by atoms with Crippen LogP contribution in [0.15, 0.2) is 0 Å². The minimum absolute atomic E-state index is 1.25. The first-order chi connectivity index (χ1) is 36.8. The highest BCUT2D eigenvalue weighted by Crippen LogP contribution is 2.18. The Balaban J connectivity index is 0. The fourth-order valence-corrected chi connectivity index (χ4v) is 11.4. The quantitative estimate of drug-likeness (QED) is 0.0593. The molecule has 2 heteroatoms. The van der Waals surface area contributed by atoms with Crippen LogP contribution in [0.4, 0.5) is 0 Å². The molecule has 0 heterocycles. The van der Waals surface area contributed by atoms with Crippen LogP contribution in [0, 0.1) is 0 Å². The van der Waals surface area contributed by atoms with Crippen molar-refractivity contribution >= 4 is 0 Å². The van der Waals surface area contributed by atoms with Gasteiger partial charge in [0, 0.05) is 0 Å². The summed E-state index contributed by atoms with van der Waals surface area (Å²) < 4.78 is 0. The minimum Gasteiger partial charge on any atom is -0.317 e. The van der Waals surface area contributed by atoms with E-state index in [4.69, 9.17) is 0 Å². The van der Waals surface area contributed by atoms with Gasteiger partial charge in [-0.15, -0.1) is 0 Å². The molecule has 0 saturated heterocycles. The first kappa shape index (κ1) is 76.0. The maximum Gasteiger partial charge on any atom is -0.00489 e. The highest BCUT2D eigenvalue weighted by molar-refractivity contribution is 4.57. The summed E-state index contributed by atoms with van der Waals surface area (Å²) in [6.45, 7) is 14.2. The van der Waals surface area contributed by atoms with Crippen LogP contribution in [0.2, 0.25) is 0 Å². The standard InChI is InChI=1S/2C36H75N/c2*1-3-5-7-9-11-13-15-17-19-21-23-25-27-29-31-33-35-37-36-34-32-30-28-26-24-22-20-18-16-14-12-10-8-6-4-2/h2*37H,3-36H2,1-2H3. The molecule has 0 bridgehead atoms. The summed E-state index contributed by atoms with van der Waals surface area (Å²) in [6.07, 6.45) is 93.4. The molecule has 0 aromatic heterocycles. The predicted octanol–water partition coefficient (Wildman–Crippen LogP) is 26.2. The molecule has 0 amide bonds. The van der Waals surface area contributed by atoms with Gasteiger partial charge >= 0.3 is 0 Å². The predicted molar refractivity (Wildman–Crippen MR) is 344 cm³/mol. The highest BCUT2D eigenvalue weighted by Gasteiger charge is 2.00. The molecule has 0 fully saturated rings. The van der Waals surface area contributed by atoms with Crippen molar-refractivity contribution in [2.75, 3.05) is 26.2 Å². The van der Waals surface area contributed by atoms with E-state index >= 15 is 0 Å². The minimum atomic E-state index is 1.25. The fraction of sp³-hybridized carbons (Fsp3) is 1.00. The second kappa shape index (κ2) is 77.2. The second-order valence-electron chi connectivity index (χ2n) is 24.7. The molecule has 0 aromatic carbocycles. The van der Waals surface area contributed by atoms with Gasteiger partial charge in [-0.3, -0.25) is 0 Å². The Morgan fingerprint density at radius 1 is 0.108 bits per heavy atom. The monoisotopic (exact) mass is 1040 g/mol. The number of hydrogen-bond acceptors (Lipinski definition) is 2. The lowest BCUT2D eigenvalue weighted by molar-refractivity contribution is 0.515. The van der Waals surface area contributed by atoms with E-state index in [1.165, 1.54) is 437 Å². The fourth-order valence-electron chi connectivity index (χ4n) is 11.4. The third-order valence-corrected chi connectivity index (χ3v) is 16.8. The van der Waals surface area contributed by atoms with E-state index in [1.807, 2.05) is 0 Å². The zero-order valence-corrected chi connectivity index (χ0v) is 53.1. The van der Waals surface area contributed by atoms with Gasteiger partial charge in [0.25, 0.3) is 0 Å². The lowest BCUT2D eigenvalue weighted by Crippen LogP contribution is -2.16. The largest absolute Gasteiger partial charge is 0.317 e.